The van der Waals surface area contributed by atoms with E-state index in [4.69, 9.17) is 5.11 Å². The zero-order valence-electron chi connectivity index (χ0n) is 8.82. The number of carboxylic acid groups (broad SMARTS) is 1. The molecule has 0 spiro atoms. The molecule has 0 saturated carbocycles. The van der Waals surface area contributed by atoms with Crippen molar-refractivity contribution < 1.29 is 9.90 Å². The van der Waals surface area contributed by atoms with E-state index in [1.165, 1.54) is 0 Å². The quantitative estimate of drug-likeness (QED) is 0.800. The lowest BCUT2D eigenvalue weighted by atomic mass is 10.1. The highest BCUT2D eigenvalue weighted by Crippen LogP contribution is 2.07. The number of aryl methyl sites for hydroxylation is 2. The van der Waals surface area contributed by atoms with Crippen molar-refractivity contribution in [2.75, 3.05) is 0 Å². The van der Waals surface area contributed by atoms with Gasteiger partial charge in [-0.1, -0.05) is 13.8 Å². The van der Waals surface area contributed by atoms with Crippen molar-refractivity contribution in [2.24, 2.45) is 5.92 Å². The molecule has 1 rings (SSSR count). The highest BCUT2D eigenvalue weighted by molar-refractivity contribution is 5.85. The minimum atomic E-state index is -0.908. The average Bonchev–Trinajstić information content (AvgIpc) is 2.43. The van der Waals surface area contributed by atoms with E-state index in [9.17, 15) is 4.79 Å². The number of hydrogen-bond acceptors (Lipinski definition) is 2. The Morgan fingerprint density at radius 1 is 1.64 bits per heavy atom. The van der Waals surface area contributed by atoms with Gasteiger partial charge >= 0.3 is 5.97 Å². The third-order valence-electron chi connectivity index (χ3n) is 2.04. The standard InChI is InChI=1S/C10H16N2O2/c1-7(2)4-5-12-9(10(13)14)6-8(3)11-12/h6-7H,4-5H2,1-3H3,(H,13,14). The maximum atomic E-state index is 10.8. The van der Waals surface area contributed by atoms with Gasteiger partial charge in [-0.25, -0.2) is 4.79 Å². The molecular weight excluding hydrogens is 180 g/mol. The molecule has 0 bridgehead atoms. The van der Waals surface area contributed by atoms with Gasteiger partial charge in [-0.2, -0.15) is 5.10 Å². The van der Waals surface area contributed by atoms with Crippen molar-refractivity contribution in [3.8, 4) is 0 Å². The number of aromatic nitrogens is 2. The Morgan fingerprint density at radius 2 is 2.29 bits per heavy atom. The summed E-state index contributed by atoms with van der Waals surface area (Å²) in [6, 6.07) is 1.60. The Hall–Kier alpha value is -1.32. The van der Waals surface area contributed by atoms with Gasteiger partial charge in [0.05, 0.1) is 5.69 Å². The molecule has 0 atom stereocenters. The minimum Gasteiger partial charge on any atom is -0.477 e. The third-order valence-corrected chi connectivity index (χ3v) is 2.04. The number of carboxylic acids is 1. The highest BCUT2D eigenvalue weighted by atomic mass is 16.4. The fourth-order valence-electron chi connectivity index (χ4n) is 1.27. The van der Waals surface area contributed by atoms with E-state index < -0.39 is 5.97 Å². The SMILES string of the molecule is Cc1cc(C(=O)O)n(CCC(C)C)n1. The van der Waals surface area contributed by atoms with Crippen LogP contribution in [0.1, 0.15) is 36.5 Å². The second-order valence-electron chi connectivity index (χ2n) is 3.88. The van der Waals surface area contributed by atoms with Gasteiger partial charge in [0.2, 0.25) is 0 Å². The average molecular weight is 196 g/mol. The summed E-state index contributed by atoms with van der Waals surface area (Å²) < 4.78 is 1.57. The molecule has 0 aliphatic rings. The molecule has 14 heavy (non-hydrogen) atoms. The molecule has 4 heteroatoms. The van der Waals surface area contributed by atoms with Crippen LogP contribution in [-0.2, 0) is 6.54 Å². The van der Waals surface area contributed by atoms with Gasteiger partial charge in [0.25, 0.3) is 0 Å². The maximum Gasteiger partial charge on any atom is 0.354 e. The van der Waals surface area contributed by atoms with Crippen molar-refractivity contribution in [2.45, 2.75) is 33.7 Å². The second-order valence-corrected chi connectivity index (χ2v) is 3.88. The molecule has 1 aromatic heterocycles. The van der Waals surface area contributed by atoms with Crippen LogP contribution in [0.15, 0.2) is 6.07 Å². The van der Waals surface area contributed by atoms with Gasteiger partial charge in [-0.05, 0) is 25.3 Å². The first-order valence-corrected chi connectivity index (χ1v) is 4.78. The van der Waals surface area contributed by atoms with Crippen LogP contribution in [0.5, 0.6) is 0 Å². The van der Waals surface area contributed by atoms with E-state index >= 15 is 0 Å². The summed E-state index contributed by atoms with van der Waals surface area (Å²) in [5.74, 6) is -0.351. The molecule has 78 valence electrons. The fourth-order valence-corrected chi connectivity index (χ4v) is 1.27. The van der Waals surface area contributed by atoms with Crippen LogP contribution >= 0.6 is 0 Å². The molecule has 1 heterocycles. The fraction of sp³-hybridized carbons (Fsp3) is 0.600. The van der Waals surface area contributed by atoms with Crippen molar-refractivity contribution in [1.82, 2.24) is 9.78 Å². The third kappa shape index (κ3) is 2.58. The smallest absolute Gasteiger partial charge is 0.354 e. The first-order chi connectivity index (χ1) is 6.50. The first-order valence-electron chi connectivity index (χ1n) is 4.78. The minimum absolute atomic E-state index is 0.281. The Kier molecular flexibility index (Phi) is 3.28. The predicted octanol–water partition coefficient (Wildman–Crippen LogP) is 1.94. The van der Waals surface area contributed by atoms with Gasteiger partial charge in [0.15, 0.2) is 0 Å². The number of nitrogens with zero attached hydrogens (tertiary/aromatic N) is 2. The molecule has 1 aromatic rings. The number of hydrogen-bond donors (Lipinski definition) is 1. The predicted molar refractivity (Wildman–Crippen MR) is 53.4 cm³/mol. The Bertz CT molecular complexity index is 329. The molecule has 0 amide bonds. The summed E-state index contributed by atoms with van der Waals surface area (Å²) in [5, 5.41) is 13.0. The highest BCUT2D eigenvalue weighted by Gasteiger charge is 2.12. The van der Waals surface area contributed by atoms with E-state index in [1.54, 1.807) is 17.7 Å². The Balaban J connectivity index is 2.79. The zero-order chi connectivity index (χ0) is 10.7. The monoisotopic (exact) mass is 196 g/mol. The summed E-state index contributed by atoms with van der Waals surface area (Å²) in [6.45, 7) is 6.69. The molecule has 0 saturated heterocycles. The van der Waals surface area contributed by atoms with E-state index in [-0.39, 0.29) is 5.69 Å². The van der Waals surface area contributed by atoms with Crippen molar-refractivity contribution in [1.29, 1.82) is 0 Å². The molecule has 0 fully saturated rings. The summed E-state index contributed by atoms with van der Waals surface area (Å²) in [5.41, 5.74) is 1.04. The van der Waals surface area contributed by atoms with Crippen LogP contribution in [0.25, 0.3) is 0 Å². The van der Waals surface area contributed by atoms with Crippen LogP contribution < -0.4 is 0 Å². The lowest BCUT2D eigenvalue weighted by molar-refractivity contribution is 0.0682. The zero-order valence-corrected chi connectivity index (χ0v) is 8.82. The normalized spacial score (nSPS) is 10.9. The Morgan fingerprint density at radius 3 is 2.79 bits per heavy atom. The van der Waals surface area contributed by atoms with Gasteiger partial charge in [0, 0.05) is 6.54 Å². The topological polar surface area (TPSA) is 55.1 Å². The lowest BCUT2D eigenvalue weighted by Gasteiger charge is -2.06. The van der Waals surface area contributed by atoms with Gasteiger partial charge in [-0.3, -0.25) is 4.68 Å². The lowest BCUT2D eigenvalue weighted by Crippen LogP contribution is -2.11. The van der Waals surface area contributed by atoms with E-state index in [1.807, 2.05) is 0 Å². The number of rotatable bonds is 4. The summed E-state index contributed by atoms with van der Waals surface area (Å²) in [4.78, 5) is 10.8. The molecule has 0 aromatic carbocycles. The van der Waals surface area contributed by atoms with Crippen molar-refractivity contribution in [3.05, 3.63) is 17.5 Å². The van der Waals surface area contributed by atoms with Crippen molar-refractivity contribution in [3.63, 3.8) is 0 Å². The van der Waals surface area contributed by atoms with Gasteiger partial charge < -0.3 is 5.11 Å². The van der Waals surface area contributed by atoms with Crippen molar-refractivity contribution >= 4 is 5.97 Å². The van der Waals surface area contributed by atoms with Crippen LogP contribution in [-0.4, -0.2) is 20.9 Å². The molecular formula is C10H16N2O2. The molecule has 0 aliphatic carbocycles. The maximum absolute atomic E-state index is 10.8. The van der Waals surface area contributed by atoms with Gasteiger partial charge in [0.1, 0.15) is 5.69 Å². The number of aromatic carboxylic acids is 1. The van der Waals surface area contributed by atoms with E-state index in [2.05, 4.69) is 18.9 Å². The van der Waals surface area contributed by atoms with E-state index in [0.717, 1.165) is 12.1 Å². The van der Waals surface area contributed by atoms with Gasteiger partial charge in [-0.15, -0.1) is 0 Å². The summed E-state index contributed by atoms with van der Waals surface area (Å²) >= 11 is 0. The van der Waals surface area contributed by atoms with Crippen LogP contribution in [0, 0.1) is 12.8 Å². The summed E-state index contributed by atoms with van der Waals surface area (Å²) in [6.07, 6.45) is 0.946. The van der Waals surface area contributed by atoms with Crippen LogP contribution in [0.3, 0.4) is 0 Å². The largest absolute Gasteiger partial charge is 0.477 e. The molecule has 4 nitrogen and oxygen atoms in total. The molecule has 0 unspecified atom stereocenters. The molecule has 1 N–H and O–H groups in total. The second kappa shape index (κ2) is 4.26. The first kappa shape index (κ1) is 10.8. The summed E-state index contributed by atoms with van der Waals surface area (Å²) in [7, 11) is 0. The number of carbonyl (C=O) groups is 1. The van der Waals surface area contributed by atoms with Crippen LogP contribution in [0.4, 0.5) is 0 Å². The Labute approximate surface area is 83.5 Å². The van der Waals surface area contributed by atoms with E-state index in [0.29, 0.717) is 12.5 Å². The van der Waals surface area contributed by atoms with Crippen LogP contribution in [0.2, 0.25) is 0 Å². The molecule has 0 radical (unpaired) electrons. The molecule has 0 aliphatic heterocycles.